The number of hydrogen-bond donors (Lipinski definition) is 1. The van der Waals surface area contributed by atoms with Crippen LogP contribution in [0.15, 0.2) is 12.3 Å². The van der Waals surface area contributed by atoms with Crippen LogP contribution in [0.25, 0.3) is 0 Å². The Morgan fingerprint density at radius 1 is 1.62 bits per heavy atom. The smallest absolute Gasteiger partial charge is 0.270 e. The molecule has 0 radical (unpaired) electrons. The molecule has 88 valence electrons. The zero-order valence-electron chi connectivity index (χ0n) is 8.64. The lowest BCUT2D eigenvalue weighted by Crippen LogP contribution is -2.29. The molecule has 0 fully saturated rings. The fraction of sp³-hybridized carbons (Fsp3) is 0.400. The van der Waals surface area contributed by atoms with E-state index in [1.807, 2.05) is 6.92 Å². The van der Waals surface area contributed by atoms with Crippen molar-refractivity contribution in [2.45, 2.75) is 19.8 Å². The van der Waals surface area contributed by atoms with Gasteiger partial charge in [-0.1, -0.05) is 18.5 Å². The average molecular weight is 249 g/mol. The Morgan fingerprint density at radius 2 is 2.31 bits per heavy atom. The van der Waals surface area contributed by atoms with E-state index < -0.39 is 18.9 Å². The normalized spacial score (nSPS) is 10.6. The second-order valence-corrected chi connectivity index (χ2v) is 3.52. The van der Waals surface area contributed by atoms with Gasteiger partial charge in [0, 0.05) is 11.2 Å². The number of aryl methyl sites for hydroxylation is 1. The molecule has 0 saturated heterocycles. The van der Waals surface area contributed by atoms with Crippen molar-refractivity contribution >= 4 is 17.5 Å². The predicted octanol–water partition coefficient (Wildman–Crippen LogP) is 2.29. The lowest BCUT2D eigenvalue weighted by molar-refractivity contribution is 0.0887. The number of alkyl halides is 2. The van der Waals surface area contributed by atoms with Gasteiger partial charge in [-0.3, -0.25) is 9.78 Å². The average Bonchev–Trinajstić information content (AvgIpc) is 2.25. The third-order valence-electron chi connectivity index (χ3n) is 1.96. The van der Waals surface area contributed by atoms with Crippen molar-refractivity contribution in [2.75, 3.05) is 6.54 Å². The van der Waals surface area contributed by atoms with E-state index in [-0.39, 0.29) is 5.69 Å². The number of amides is 1. The molecule has 0 spiro atoms. The molecule has 6 heteroatoms. The van der Waals surface area contributed by atoms with Crippen molar-refractivity contribution in [3.63, 3.8) is 0 Å². The number of pyridine rings is 1. The highest BCUT2D eigenvalue weighted by atomic mass is 35.5. The molecule has 1 amide bonds. The summed E-state index contributed by atoms with van der Waals surface area (Å²) in [5, 5.41) is 2.47. The van der Waals surface area contributed by atoms with Crippen LogP contribution in [0.5, 0.6) is 0 Å². The molecule has 0 saturated carbocycles. The van der Waals surface area contributed by atoms with Crippen LogP contribution >= 0.6 is 11.6 Å². The molecule has 1 aromatic heterocycles. The first kappa shape index (κ1) is 12.8. The molecule has 0 aromatic carbocycles. The Kier molecular flexibility index (Phi) is 4.61. The third-order valence-corrected chi connectivity index (χ3v) is 2.31. The number of hydrogen-bond acceptors (Lipinski definition) is 2. The van der Waals surface area contributed by atoms with Crippen LogP contribution in [0.4, 0.5) is 8.78 Å². The quantitative estimate of drug-likeness (QED) is 0.888. The van der Waals surface area contributed by atoms with Gasteiger partial charge in [0.1, 0.15) is 5.69 Å². The molecule has 0 aliphatic rings. The number of rotatable bonds is 4. The minimum absolute atomic E-state index is 0.0443. The van der Waals surface area contributed by atoms with E-state index >= 15 is 0 Å². The molecule has 1 rings (SSSR count). The summed E-state index contributed by atoms with van der Waals surface area (Å²) >= 11 is 5.87. The maximum absolute atomic E-state index is 11.8. The number of aromatic nitrogens is 1. The van der Waals surface area contributed by atoms with Crippen molar-refractivity contribution in [3.05, 3.63) is 28.5 Å². The molecule has 0 aliphatic heterocycles. The van der Waals surface area contributed by atoms with Crippen LogP contribution in [0.1, 0.15) is 23.0 Å². The molecule has 3 nitrogen and oxygen atoms in total. The standard InChI is InChI=1S/C10H11ClF2N2O/c1-2-6-4-14-8(3-7(6)11)10(16)15-5-9(12)13/h3-4,9H,2,5H2,1H3,(H,15,16). The van der Waals surface area contributed by atoms with Crippen LogP contribution in [0.3, 0.4) is 0 Å². The maximum atomic E-state index is 11.8. The summed E-state index contributed by atoms with van der Waals surface area (Å²) in [6.07, 6.45) is -0.404. The van der Waals surface area contributed by atoms with E-state index in [4.69, 9.17) is 11.6 Å². The molecule has 1 aromatic rings. The van der Waals surface area contributed by atoms with E-state index in [0.717, 1.165) is 5.56 Å². The lowest BCUT2D eigenvalue weighted by atomic mass is 10.2. The van der Waals surface area contributed by atoms with Gasteiger partial charge in [-0.25, -0.2) is 8.78 Å². The first-order valence-electron chi connectivity index (χ1n) is 4.75. The summed E-state index contributed by atoms with van der Waals surface area (Å²) in [4.78, 5) is 15.2. The van der Waals surface area contributed by atoms with Gasteiger partial charge in [0.2, 0.25) is 0 Å². The van der Waals surface area contributed by atoms with E-state index in [1.165, 1.54) is 12.3 Å². The van der Waals surface area contributed by atoms with E-state index in [1.54, 1.807) is 0 Å². The van der Waals surface area contributed by atoms with Gasteiger partial charge in [-0.05, 0) is 18.1 Å². The van der Waals surface area contributed by atoms with Gasteiger partial charge in [-0.15, -0.1) is 0 Å². The lowest BCUT2D eigenvalue weighted by Gasteiger charge is -2.05. The Balaban J connectivity index is 2.73. The fourth-order valence-corrected chi connectivity index (χ4v) is 1.39. The molecule has 16 heavy (non-hydrogen) atoms. The zero-order valence-corrected chi connectivity index (χ0v) is 9.39. The largest absolute Gasteiger partial charge is 0.345 e. The summed E-state index contributed by atoms with van der Waals surface area (Å²) in [7, 11) is 0. The number of nitrogens with zero attached hydrogens (tertiary/aromatic N) is 1. The molecule has 0 aliphatic carbocycles. The SMILES string of the molecule is CCc1cnc(C(=O)NCC(F)F)cc1Cl. The summed E-state index contributed by atoms with van der Waals surface area (Å²) < 4.78 is 23.7. The number of carbonyl (C=O) groups excluding carboxylic acids is 1. The van der Waals surface area contributed by atoms with Gasteiger partial charge in [0.05, 0.1) is 6.54 Å². The molecule has 1 heterocycles. The molecule has 0 unspecified atom stereocenters. The Hall–Kier alpha value is -1.23. The summed E-state index contributed by atoms with van der Waals surface area (Å²) in [5.74, 6) is -0.648. The Morgan fingerprint density at radius 3 is 2.81 bits per heavy atom. The second kappa shape index (κ2) is 5.75. The van der Waals surface area contributed by atoms with Crippen LogP contribution in [-0.2, 0) is 6.42 Å². The topological polar surface area (TPSA) is 42.0 Å². The van der Waals surface area contributed by atoms with E-state index in [9.17, 15) is 13.6 Å². The maximum Gasteiger partial charge on any atom is 0.270 e. The highest BCUT2D eigenvalue weighted by Gasteiger charge is 2.11. The van der Waals surface area contributed by atoms with Gasteiger partial charge in [-0.2, -0.15) is 0 Å². The van der Waals surface area contributed by atoms with Crippen molar-refractivity contribution in [2.24, 2.45) is 0 Å². The van der Waals surface area contributed by atoms with E-state index in [0.29, 0.717) is 11.4 Å². The number of halogens is 3. The molecule has 1 N–H and O–H groups in total. The highest BCUT2D eigenvalue weighted by Crippen LogP contribution is 2.16. The van der Waals surface area contributed by atoms with Crippen molar-refractivity contribution in [3.8, 4) is 0 Å². The van der Waals surface area contributed by atoms with Crippen molar-refractivity contribution in [1.29, 1.82) is 0 Å². The van der Waals surface area contributed by atoms with Crippen LogP contribution in [0, 0.1) is 0 Å². The predicted molar refractivity (Wildman–Crippen MR) is 57.0 cm³/mol. The molecular weight excluding hydrogens is 238 g/mol. The van der Waals surface area contributed by atoms with Gasteiger partial charge >= 0.3 is 0 Å². The fourth-order valence-electron chi connectivity index (χ4n) is 1.10. The third kappa shape index (κ3) is 3.41. The molecular formula is C10H11ClF2N2O. The highest BCUT2D eigenvalue weighted by molar-refractivity contribution is 6.31. The number of carbonyl (C=O) groups is 1. The summed E-state index contributed by atoms with van der Waals surface area (Å²) in [6.45, 7) is 1.22. The van der Waals surface area contributed by atoms with E-state index in [2.05, 4.69) is 10.3 Å². The van der Waals surface area contributed by atoms with Crippen molar-refractivity contribution in [1.82, 2.24) is 10.3 Å². The second-order valence-electron chi connectivity index (χ2n) is 3.12. The monoisotopic (exact) mass is 248 g/mol. The summed E-state index contributed by atoms with van der Waals surface area (Å²) in [6, 6.07) is 1.38. The van der Waals surface area contributed by atoms with Gasteiger partial charge < -0.3 is 5.32 Å². The van der Waals surface area contributed by atoms with Crippen LogP contribution < -0.4 is 5.32 Å². The molecule has 0 atom stereocenters. The van der Waals surface area contributed by atoms with Gasteiger partial charge in [0.15, 0.2) is 0 Å². The summed E-state index contributed by atoms with van der Waals surface area (Å²) in [5.41, 5.74) is 0.856. The van der Waals surface area contributed by atoms with Gasteiger partial charge in [0.25, 0.3) is 12.3 Å². The Labute approximate surface area is 96.8 Å². The minimum atomic E-state index is -2.57. The Bertz CT molecular complexity index is 385. The minimum Gasteiger partial charge on any atom is -0.345 e. The van der Waals surface area contributed by atoms with Crippen LogP contribution in [-0.4, -0.2) is 23.9 Å². The molecule has 0 bridgehead atoms. The van der Waals surface area contributed by atoms with Crippen LogP contribution in [0.2, 0.25) is 5.02 Å². The van der Waals surface area contributed by atoms with Crippen molar-refractivity contribution < 1.29 is 13.6 Å². The first-order valence-corrected chi connectivity index (χ1v) is 5.13. The number of nitrogens with one attached hydrogen (secondary N) is 1. The first-order chi connectivity index (χ1) is 7.54. The zero-order chi connectivity index (χ0) is 12.1.